The van der Waals surface area contributed by atoms with Gasteiger partial charge in [-0.05, 0) is 35.6 Å². The predicted molar refractivity (Wildman–Crippen MR) is 119 cm³/mol. The Labute approximate surface area is 174 Å². The fourth-order valence-electron chi connectivity index (χ4n) is 3.48. The molecule has 0 spiro atoms. The van der Waals surface area contributed by atoms with Crippen LogP contribution in [0, 0.1) is 0 Å². The first kappa shape index (κ1) is 20.8. The van der Waals surface area contributed by atoms with E-state index in [4.69, 9.17) is 5.73 Å². The van der Waals surface area contributed by atoms with Gasteiger partial charge in [0.15, 0.2) is 0 Å². The summed E-state index contributed by atoms with van der Waals surface area (Å²) >= 11 is 1.62. The van der Waals surface area contributed by atoms with Crippen LogP contribution in [0.3, 0.4) is 0 Å². The van der Waals surface area contributed by atoms with Crippen LogP contribution >= 0.6 is 11.8 Å². The smallest absolute Gasteiger partial charge is 0.312 e. The topological polar surface area (TPSA) is 100 Å². The first-order valence-corrected chi connectivity index (χ1v) is 10.9. The lowest BCUT2D eigenvalue weighted by Crippen LogP contribution is -2.49. The monoisotopic (exact) mass is 410 g/mol. The lowest BCUT2D eigenvalue weighted by molar-refractivity contribution is -0.122. The van der Waals surface area contributed by atoms with E-state index in [-0.39, 0.29) is 11.8 Å². The summed E-state index contributed by atoms with van der Waals surface area (Å²) < 4.78 is 0. The Bertz CT molecular complexity index is 958. The Hall–Kier alpha value is -2.93. The van der Waals surface area contributed by atoms with Crippen molar-refractivity contribution in [3.8, 4) is 0 Å². The van der Waals surface area contributed by atoms with E-state index < -0.39 is 12.1 Å². The maximum Gasteiger partial charge on any atom is 0.312 e. The molecular formula is C22H26N4O2S. The lowest BCUT2D eigenvalue weighted by Gasteiger charge is -2.21. The van der Waals surface area contributed by atoms with Crippen molar-refractivity contribution in [2.45, 2.75) is 18.4 Å². The number of hydrogen-bond donors (Lipinski definition) is 4. The molecule has 0 aliphatic rings. The second kappa shape index (κ2) is 10.0. The molecule has 0 saturated carbocycles. The maximum absolute atomic E-state index is 12.8. The fourth-order valence-corrected chi connectivity index (χ4v) is 3.95. The second-order valence-corrected chi connectivity index (χ2v) is 7.83. The zero-order chi connectivity index (χ0) is 20.6. The molecule has 0 fully saturated rings. The average Bonchev–Trinajstić information content (AvgIpc) is 3.16. The minimum absolute atomic E-state index is 0.0221. The summed E-state index contributed by atoms with van der Waals surface area (Å²) in [6, 6.07) is 16.9. The van der Waals surface area contributed by atoms with E-state index in [2.05, 4.69) is 33.8 Å². The number of primary amides is 1. The molecule has 0 saturated heterocycles. The Kier molecular flexibility index (Phi) is 7.19. The van der Waals surface area contributed by atoms with Crippen LogP contribution in [0.25, 0.3) is 10.9 Å². The Morgan fingerprint density at radius 1 is 1.10 bits per heavy atom. The average molecular weight is 411 g/mol. The number of H-pyrrole nitrogens is 1. The first-order valence-electron chi connectivity index (χ1n) is 9.53. The molecule has 3 rings (SSSR count). The van der Waals surface area contributed by atoms with E-state index in [9.17, 15) is 9.59 Å². The minimum atomic E-state index is -0.692. The number of para-hydroxylation sites is 1. The lowest BCUT2D eigenvalue weighted by atomic mass is 9.91. The van der Waals surface area contributed by atoms with Gasteiger partial charge in [0, 0.05) is 29.6 Å². The van der Waals surface area contributed by atoms with Crippen molar-refractivity contribution in [2.24, 2.45) is 5.73 Å². The number of urea groups is 1. The van der Waals surface area contributed by atoms with Gasteiger partial charge in [0.2, 0.25) is 5.91 Å². The molecule has 3 aromatic rings. The highest BCUT2D eigenvalue weighted by atomic mass is 32.2. The second-order valence-electron chi connectivity index (χ2n) is 6.84. The number of nitrogens with two attached hydrogens (primary N) is 1. The molecule has 3 amide bonds. The van der Waals surface area contributed by atoms with Crippen LogP contribution in [-0.2, 0) is 4.79 Å². The van der Waals surface area contributed by atoms with Gasteiger partial charge < -0.3 is 21.4 Å². The summed E-state index contributed by atoms with van der Waals surface area (Å²) in [6.45, 7) is 0.418. The van der Waals surface area contributed by atoms with Crippen LogP contribution in [-0.4, -0.2) is 41.5 Å². The maximum atomic E-state index is 12.8. The molecule has 2 atom stereocenters. The van der Waals surface area contributed by atoms with Gasteiger partial charge in [-0.3, -0.25) is 4.79 Å². The number of fused-ring (bicyclic) bond motifs is 1. The van der Waals surface area contributed by atoms with Gasteiger partial charge in [0.1, 0.15) is 6.04 Å². The van der Waals surface area contributed by atoms with E-state index in [0.717, 1.165) is 27.8 Å². The van der Waals surface area contributed by atoms with Gasteiger partial charge in [-0.1, -0.05) is 48.5 Å². The molecule has 2 aromatic carbocycles. The molecule has 0 radical (unpaired) electrons. The quantitative estimate of drug-likeness (QED) is 0.436. The summed E-state index contributed by atoms with van der Waals surface area (Å²) in [6.07, 6.45) is 4.49. The van der Waals surface area contributed by atoms with E-state index in [0.29, 0.717) is 13.0 Å². The SMILES string of the molecule is CSCCC(NC(N)=O)C(=O)NCC(c1ccccc1)c1c[nH]c2ccccc12. The van der Waals surface area contributed by atoms with Crippen LogP contribution in [0.5, 0.6) is 0 Å². The van der Waals surface area contributed by atoms with Gasteiger partial charge in [0.05, 0.1) is 0 Å². The highest BCUT2D eigenvalue weighted by Gasteiger charge is 2.23. The number of thioether (sulfide) groups is 1. The summed E-state index contributed by atoms with van der Waals surface area (Å²) in [5.41, 5.74) is 8.54. The first-order chi connectivity index (χ1) is 14.1. The molecule has 0 bridgehead atoms. The normalized spacial score (nSPS) is 13.0. The third-order valence-corrected chi connectivity index (χ3v) is 5.57. The van der Waals surface area contributed by atoms with Crippen LogP contribution < -0.4 is 16.4 Å². The van der Waals surface area contributed by atoms with Crippen molar-refractivity contribution in [1.29, 1.82) is 0 Å². The third kappa shape index (κ3) is 5.32. The number of aromatic nitrogens is 1. The van der Waals surface area contributed by atoms with Crippen LogP contribution in [0.2, 0.25) is 0 Å². The minimum Gasteiger partial charge on any atom is -0.361 e. The van der Waals surface area contributed by atoms with E-state index >= 15 is 0 Å². The van der Waals surface area contributed by atoms with Gasteiger partial charge in [0.25, 0.3) is 0 Å². The highest BCUT2D eigenvalue weighted by Crippen LogP contribution is 2.30. The Balaban J connectivity index is 1.82. The summed E-state index contributed by atoms with van der Waals surface area (Å²) in [5.74, 6) is 0.507. The number of nitrogens with one attached hydrogen (secondary N) is 3. The predicted octanol–water partition coefficient (Wildman–Crippen LogP) is 3.21. The fraction of sp³-hybridized carbons (Fsp3) is 0.273. The number of rotatable bonds is 9. The summed E-state index contributed by atoms with van der Waals surface area (Å²) in [7, 11) is 0. The number of amides is 3. The molecule has 1 aromatic heterocycles. The zero-order valence-corrected chi connectivity index (χ0v) is 17.2. The zero-order valence-electron chi connectivity index (χ0n) is 16.4. The van der Waals surface area contributed by atoms with Gasteiger partial charge >= 0.3 is 6.03 Å². The van der Waals surface area contributed by atoms with E-state index in [1.54, 1.807) is 11.8 Å². The van der Waals surface area contributed by atoms with Crippen molar-refractivity contribution >= 4 is 34.6 Å². The van der Waals surface area contributed by atoms with Gasteiger partial charge in [-0.15, -0.1) is 0 Å². The molecule has 7 heteroatoms. The molecule has 0 aliphatic carbocycles. The van der Waals surface area contributed by atoms with Crippen molar-refractivity contribution in [1.82, 2.24) is 15.6 Å². The summed E-state index contributed by atoms with van der Waals surface area (Å²) in [5, 5.41) is 6.70. The van der Waals surface area contributed by atoms with Crippen molar-refractivity contribution in [2.75, 3.05) is 18.6 Å². The molecule has 1 heterocycles. The molecule has 29 heavy (non-hydrogen) atoms. The standard InChI is InChI=1S/C22H26N4O2S/c1-29-12-11-20(26-22(23)28)21(27)25-13-17(15-7-3-2-4-8-15)18-14-24-19-10-6-5-9-16(18)19/h2-10,14,17,20,24H,11-13H2,1H3,(H,25,27)(H3,23,26,28). The van der Waals surface area contributed by atoms with Gasteiger partial charge in [-0.25, -0.2) is 4.79 Å². The molecule has 5 N–H and O–H groups in total. The Morgan fingerprint density at radius 3 is 2.55 bits per heavy atom. The largest absolute Gasteiger partial charge is 0.361 e. The van der Waals surface area contributed by atoms with Crippen LogP contribution in [0.1, 0.15) is 23.5 Å². The Morgan fingerprint density at radius 2 is 1.83 bits per heavy atom. The van der Waals surface area contributed by atoms with Crippen molar-refractivity contribution < 1.29 is 9.59 Å². The van der Waals surface area contributed by atoms with Crippen molar-refractivity contribution in [3.05, 3.63) is 71.9 Å². The number of carbonyl (C=O) groups is 2. The molecule has 152 valence electrons. The van der Waals surface area contributed by atoms with E-state index in [1.165, 1.54) is 0 Å². The van der Waals surface area contributed by atoms with Gasteiger partial charge in [-0.2, -0.15) is 11.8 Å². The number of carbonyl (C=O) groups excluding carboxylic acids is 2. The number of hydrogen-bond acceptors (Lipinski definition) is 3. The molecule has 2 unspecified atom stereocenters. The molecule has 6 nitrogen and oxygen atoms in total. The number of benzene rings is 2. The third-order valence-electron chi connectivity index (χ3n) is 4.92. The number of aromatic amines is 1. The molecular weight excluding hydrogens is 384 g/mol. The van der Waals surface area contributed by atoms with Crippen molar-refractivity contribution in [3.63, 3.8) is 0 Å². The highest BCUT2D eigenvalue weighted by molar-refractivity contribution is 7.98. The molecule has 0 aliphatic heterocycles. The summed E-state index contributed by atoms with van der Waals surface area (Å²) in [4.78, 5) is 27.4. The van der Waals surface area contributed by atoms with Crippen LogP contribution in [0.15, 0.2) is 60.8 Å². The van der Waals surface area contributed by atoms with E-state index in [1.807, 2.05) is 48.9 Å². The van der Waals surface area contributed by atoms with Crippen LogP contribution in [0.4, 0.5) is 4.79 Å².